The molecule has 0 bridgehead atoms. The summed E-state index contributed by atoms with van der Waals surface area (Å²) >= 11 is 1.73. The highest BCUT2D eigenvalue weighted by Crippen LogP contribution is 2.27. The molecule has 1 aromatic heterocycles. The molecule has 1 aliphatic heterocycles. The van der Waals surface area contributed by atoms with Gasteiger partial charge in [0.15, 0.2) is 5.16 Å². The molecule has 0 aliphatic carbocycles. The lowest BCUT2D eigenvalue weighted by atomic mass is 10.1. The first kappa shape index (κ1) is 15.4. The third-order valence-corrected chi connectivity index (χ3v) is 5.01. The topological polar surface area (TPSA) is 53.9 Å². The molecule has 0 spiro atoms. The average molecular weight is 295 g/mol. The largest absolute Gasteiger partial charge is 0.357 e. The quantitative estimate of drug-likeness (QED) is 0.843. The van der Waals surface area contributed by atoms with Crippen LogP contribution < -0.4 is 10.2 Å². The van der Waals surface area contributed by atoms with Crippen molar-refractivity contribution in [2.24, 2.45) is 5.92 Å². The summed E-state index contributed by atoms with van der Waals surface area (Å²) in [5.74, 6) is 2.09. The molecule has 0 radical (unpaired) electrons. The van der Waals surface area contributed by atoms with Gasteiger partial charge in [0.05, 0.1) is 0 Å². The van der Waals surface area contributed by atoms with E-state index >= 15 is 0 Å². The van der Waals surface area contributed by atoms with E-state index in [0.717, 1.165) is 24.2 Å². The number of nitrogens with one attached hydrogen (secondary N) is 1. The minimum atomic E-state index is 0.497. The van der Waals surface area contributed by atoms with Crippen LogP contribution >= 0.6 is 11.8 Å². The van der Waals surface area contributed by atoms with Gasteiger partial charge in [0, 0.05) is 25.4 Å². The molecule has 1 N–H and O–H groups in total. The number of rotatable bonds is 5. The Morgan fingerprint density at radius 2 is 1.75 bits per heavy atom. The molecule has 2 rings (SSSR count). The van der Waals surface area contributed by atoms with Crippen LogP contribution in [0.4, 0.5) is 11.9 Å². The molecular weight excluding hydrogens is 270 g/mol. The first-order chi connectivity index (χ1) is 9.60. The van der Waals surface area contributed by atoms with Gasteiger partial charge in [-0.2, -0.15) is 15.0 Å². The lowest BCUT2D eigenvalue weighted by Gasteiger charge is -2.27. The molecule has 1 aliphatic rings. The minimum Gasteiger partial charge on any atom is -0.357 e. The van der Waals surface area contributed by atoms with Gasteiger partial charge in [-0.1, -0.05) is 32.5 Å². The molecule has 20 heavy (non-hydrogen) atoms. The third-order valence-electron chi connectivity index (χ3n) is 3.70. The Morgan fingerprint density at radius 1 is 1.05 bits per heavy atom. The molecule has 1 saturated heterocycles. The van der Waals surface area contributed by atoms with Gasteiger partial charge in [-0.3, -0.25) is 0 Å². The summed E-state index contributed by atoms with van der Waals surface area (Å²) in [6.45, 7) is 8.78. The van der Waals surface area contributed by atoms with Crippen LogP contribution in [-0.2, 0) is 0 Å². The Morgan fingerprint density at radius 3 is 2.35 bits per heavy atom. The first-order valence-corrected chi connectivity index (χ1v) is 8.33. The maximum absolute atomic E-state index is 4.65. The van der Waals surface area contributed by atoms with Gasteiger partial charge in [-0.15, -0.1) is 0 Å². The van der Waals surface area contributed by atoms with Crippen molar-refractivity contribution in [3.05, 3.63) is 0 Å². The van der Waals surface area contributed by atoms with Gasteiger partial charge in [0.25, 0.3) is 0 Å². The fourth-order valence-corrected chi connectivity index (χ4v) is 2.93. The van der Waals surface area contributed by atoms with E-state index in [4.69, 9.17) is 0 Å². The molecule has 5 nitrogen and oxygen atoms in total. The van der Waals surface area contributed by atoms with E-state index in [2.05, 4.69) is 45.9 Å². The van der Waals surface area contributed by atoms with Crippen molar-refractivity contribution in [1.29, 1.82) is 0 Å². The summed E-state index contributed by atoms with van der Waals surface area (Å²) in [6, 6.07) is 0. The third kappa shape index (κ3) is 3.98. The SMILES string of the molecule is CNc1nc(SC(C)C(C)C)nc(N2CCCCC2)n1. The van der Waals surface area contributed by atoms with E-state index in [1.807, 2.05) is 7.05 Å². The highest BCUT2D eigenvalue weighted by Gasteiger charge is 2.18. The van der Waals surface area contributed by atoms with Crippen LogP contribution in [0.25, 0.3) is 0 Å². The number of aromatic nitrogens is 3. The molecule has 0 amide bonds. The second kappa shape index (κ2) is 7.11. The zero-order valence-electron chi connectivity index (χ0n) is 12.9. The van der Waals surface area contributed by atoms with E-state index in [0.29, 0.717) is 17.1 Å². The fourth-order valence-electron chi connectivity index (χ4n) is 2.05. The monoisotopic (exact) mass is 295 g/mol. The Labute approximate surface area is 126 Å². The predicted molar refractivity (Wildman–Crippen MR) is 85.6 cm³/mol. The maximum atomic E-state index is 4.65. The lowest BCUT2D eigenvalue weighted by molar-refractivity contribution is 0.564. The van der Waals surface area contributed by atoms with E-state index in [9.17, 15) is 0 Å². The molecule has 2 heterocycles. The fraction of sp³-hybridized carbons (Fsp3) is 0.786. The predicted octanol–water partition coefficient (Wildman–Crippen LogP) is 3.04. The molecular formula is C14H25N5S. The Bertz CT molecular complexity index is 432. The average Bonchev–Trinajstić information content (AvgIpc) is 2.47. The molecule has 0 aromatic carbocycles. The molecule has 112 valence electrons. The van der Waals surface area contributed by atoms with Crippen molar-refractivity contribution < 1.29 is 0 Å². The zero-order chi connectivity index (χ0) is 14.5. The van der Waals surface area contributed by atoms with Crippen molar-refractivity contribution in [3.63, 3.8) is 0 Å². The van der Waals surface area contributed by atoms with Crippen molar-refractivity contribution in [2.45, 2.75) is 50.4 Å². The first-order valence-electron chi connectivity index (χ1n) is 7.45. The van der Waals surface area contributed by atoms with Crippen molar-refractivity contribution in [2.75, 3.05) is 30.4 Å². The highest BCUT2D eigenvalue weighted by molar-refractivity contribution is 7.99. The Balaban J connectivity index is 2.19. The van der Waals surface area contributed by atoms with Crippen LogP contribution in [0.2, 0.25) is 0 Å². The second-order valence-corrected chi connectivity index (χ2v) is 6.95. The summed E-state index contributed by atoms with van der Waals surface area (Å²) in [4.78, 5) is 15.9. The van der Waals surface area contributed by atoms with E-state index in [1.54, 1.807) is 11.8 Å². The number of piperidine rings is 1. The van der Waals surface area contributed by atoms with Crippen LogP contribution in [0.5, 0.6) is 0 Å². The normalized spacial score (nSPS) is 17.4. The number of hydrogen-bond acceptors (Lipinski definition) is 6. The standard InChI is InChI=1S/C14H25N5S/c1-10(2)11(3)20-14-17-12(15-4)16-13(18-14)19-8-6-5-7-9-19/h10-11H,5-9H2,1-4H3,(H,15,16,17,18). The molecule has 6 heteroatoms. The van der Waals surface area contributed by atoms with Crippen LogP contribution in [0.15, 0.2) is 5.16 Å². The summed E-state index contributed by atoms with van der Waals surface area (Å²) in [7, 11) is 1.86. The summed E-state index contributed by atoms with van der Waals surface area (Å²) in [5, 5.41) is 4.37. The van der Waals surface area contributed by atoms with Crippen LogP contribution in [0.1, 0.15) is 40.0 Å². The molecule has 1 fully saturated rings. The number of thioether (sulfide) groups is 1. The molecule has 0 saturated carbocycles. The van der Waals surface area contributed by atoms with Gasteiger partial charge in [-0.05, 0) is 25.2 Å². The smallest absolute Gasteiger partial charge is 0.231 e. The second-order valence-electron chi connectivity index (χ2n) is 5.61. The van der Waals surface area contributed by atoms with Crippen molar-refractivity contribution in [1.82, 2.24) is 15.0 Å². The molecule has 1 unspecified atom stereocenters. The van der Waals surface area contributed by atoms with Gasteiger partial charge in [-0.25, -0.2) is 0 Å². The zero-order valence-corrected chi connectivity index (χ0v) is 13.7. The van der Waals surface area contributed by atoms with Crippen LogP contribution in [-0.4, -0.2) is 40.3 Å². The van der Waals surface area contributed by atoms with Crippen molar-refractivity contribution >= 4 is 23.7 Å². The summed E-state index contributed by atoms with van der Waals surface area (Å²) < 4.78 is 0. The number of nitrogens with zero attached hydrogens (tertiary/aromatic N) is 4. The maximum Gasteiger partial charge on any atom is 0.231 e. The van der Waals surface area contributed by atoms with Crippen LogP contribution in [0.3, 0.4) is 0 Å². The van der Waals surface area contributed by atoms with Gasteiger partial charge < -0.3 is 10.2 Å². The minimum absolute atomic E-state index is 0.497. The van der Waals surface area contributed by atoms with Gasteiger partial charge in [0.2, 0.25) is 11.9 Å². The summed E-state index contributed by atoms with van der Waals surface area (Å²) in [6.07, 6.45) is 3.77. The Kier molecular flexibility index (Phi) is 5.46. The number of hydrogen-bond donors (Lipinski definition) is 1. The number of anilines is 2. The highest BCUT2D eigenvalue weighted by atomic mass is 32.2. The van der Waals surface area contributed by atoms with E-state index in [-0.39, 0.29) is 0 Å². The van der Waals surface area contributed by atoms with Gasteiger partial charge in [0.1, 0.15) is 0 Å². The Hall–Kier alpha value is -1.04. The van der Waals surface area contributed by atoms with Crippen molar-refractivity contribution in [3.8, 4) is 0 Å². The lowest BCUT2D eigenvalue weighted by Crippen LogP contribution is -2.31. The van der Waals surface area contributed by atoms with Gasteiger partial charge >= 0.3 is 0 Å². The van der Waals surface area contributed by atoms with E-state index in [1.165, 1.54) is 19.3 Å². The molecule has 1 aromatic rings. The van der Waals surface area contributed by atoms with Crippen LogP contribution in [0, 0.1) is 5.92 Å². The van der Waals surface area contributed by atoms with E-state index < -0.39 is 0 Å². The molecule has 1 atom stereocenters. The summed E-state index contributed by atoms with van der Waals surface area (Å²) in [5.41, 5.74) is 0.